The van der Waals surface area contributed by atoms with Crippen molar-refractivity contribution in [2.24, 2.45) is 0 Å². The van der Waals surface area contributed by atoms with E-state index in [0.717, 1.165) is 10.6 Å². The molecular weight excluding hydrogens is 278 g/mol. The van der Waals surface area contributed by atoms with E-state index in [9.17, 15) is 4.79 Å². The average molecular weight is 299 g/mol. The zero-order valence-electron chi connectivity index (χ0n) is 12.7. The van der Waals surface area contributed by atoms with E-state index in [1.165, 1.54) is 5.56 Å². The van der Waals surface area contributed by atoms with Crippen molar-refractivity contribution < 1.29 is 4.79 Å². The molecule has 2 aromatic carbocycles. The van der Waals surface area contributed by atoms with Crippen LogP contribution in [0.1, 0.15) is 19.4 Å². The Kier molecular flexibility index (Phi) is 5.45. The van der Waals surface area contributed by atoms with Crippen LogP contribution in [0.25, 0.3) is 0 Å². The van der Waals surface area contributed by atoms with E-state index in [0.29, 0.717) is 6.54 Å². The molecule has 2 aromatic rings. The molecular formula is C18H21NOS. The van der Waals surface area contributed by atoms with Gasteiger partial charge in [0.15, 0.2) is 0 Å². The van der Waals surface area contributed by atoms with Gasteiger partial charge in [0.05, 0.1) is 5.25 Å². The third-order valence-corrected chi connectivity index (χ3v) is 4.40. The predicted molar refractivity (Wildman–Crippen MR) is 91.0 cm³/mol. The Labute approximate surface area is 131 Å². The smallest absolute Gasteiger partial charge is 0.240 e. The molecule has 0 spiro atoms. The van der Waals surface area contributed by atoms with Crippen molar-refractivity contribution in [3.05, 3.63) is 60.2 Å². The number of hydrogen-bond acceptors (Lipinski definition) is 2. The SMILES string of the molecule is CCN(C(=O)C(C)Sc1ccccc1)c1cccc(C)c1. The van der Waals surface area contributed by atoms with Crippen molar-refractivity contribution in [1.82, 2.24) is 0 Å². The predicted octanol–water partition coefficient (Wildman–Crippen LogP) is 4.53. The third kappa shape index (κ3) is 4.11. The maximum absolute atomic E-state index is 12.7. The lowest BCUT2D eigenvalue weighted by Gasteiger charge is -2.24. The minimum atomic E-state index is -0.104. The van der Waals surface area contributed by atoms with Gasteiger partial charge in [-0.3, -0.25) is 4.79 Å². The highest BCUT2D eigenvalue weighted by Gasteiger charge is 2.21. The van der Waals surface area contributed by atoms with Crippen LogP contribution in [0.3, 0.4) is 0 Å². The number of aryl methyl sites for hydroxylation is 1. The number of hydrogen-bond donors (Lipinski definition) is 0. The zero-order valence-corrected chi connectivity index (χ0v) is 13.6. The maximum atomic E-state index is 12.7. The van der Waals surface area contributed by atoms with Gasteiger partial charge in [-0.25, -0.2) is 0 Å². The molecule has 0 aromatic heterocycles. The van der Waals surface area contributed by atoms with Crippen LogP contribution in [0.2, 0.25) is 0 Å². The highest BCUT2D eigenvalue weighted by Crippen LogP contribution is 2.26. The molecule has 2 rings (SSSR count). The number of nitrogens with zero attached hydrogens (tertiary/aromatic N) is 1. The van der Waals surface area contributed by atoms with Crippen molar-refractivity contribution in [2.45, 2.75) is 30.9 Å². The van der Waals surface area contributed by atoms with E-state index in [2.05, 4.69) is 6.07 Å². The summed E-state index contributed by atoms with van der Waals surface area (Å²) in [5.41, 5.74) is 2.14. The fraction of sp³-hybridized carbons (Fsp3) is 0.278. The number of anilines is 1. The molecule has 0 saturated heterocycles. The second kappa shape index (κ2) is 7.32. The summed E-state index contributed by atoms with van der Waals surface area (Å²) in [6, 6.07) is 18.2. The molecule has 110 valence electrons. The Bertz CT molecular complexity index is 597. The Morgan fingerprint density at radius 1 is 1.14 bits per heavy atom. The summed E-state index contributed by atoms with van der Waals surface area (Å²) in [6.45, 7) is 6.71. The summed E-state index contributed by atoms with van der Waals surface area (Å²) in [5.74, 6) is 0.150. The molecule has 0 aliphatic rings. The van der Waals surface area contributed by atoms with Crippen LogP contribution >= 0.6 is 11.8 Å². The molecule has 0 fully saturated rings. The van der Waals surface area contributed by atoms with Gasteiger partial charge in [-0.15, -0.1) is 11.8 Å². The van der Waals surface area contributed by atoms with Crippen LogP contribution in [0.4, 0.5) is 5.69 Å². The van der Waals surface area contributed by atoms with Crippen LogP contribution < -0.4 is 4.90 Å². The number of carbonyl (C=O) groups excluding carboxylic acids is 1. The standard InChI is InChI=1S/C18H21NOS/c1-4-19(16-10-8-9-14(2)13-16)18(20)15(3)21-17-11-6-5-7-12-17/h5-13,15H,4H2,1-3H3. The summed E-state index contributed by atoms with van der Waals surface area (Å²) in [6.07, 6.45) is 0. The van der Waals surface area contributed by atoms with Crippen molar-refractivity contribution in [2.75, 3.05) is 11.4 Å². The van der Waals surface area contributed by atoms with Gasteiger partial charge < -0.3 is 4.90 Å². The minimum absolute atomic E-state index is 0.104. The summed E-state index contributed by atoms with van der Waals surface area (Å²) < 4.78 is 0. The molecule has 0 heterocycles. The monoisotopic (exact) mass is 299 g/mol. The number of amides is 1. The molecule has 2 nitrogen and oxygen atoms in total. The Hall–Kier alpha value is -1.74. The summed E-state index contributed by atoms with van der Waals surface area (Å²) in [4.78, 5) is 15.7. The zero-order chi connectivity index (χ0) is 15.2. The molecule has 1 amide bonds. The first-order valence-electron chi connectivity index (χ1n) is 7.21. The topological polar surface area (TPSA) is 20.3 Å². The van der Waals surface area contributed by atoms with E-state index < -0.39 is 0 Å². The molecule has 0 saturated carbocycles. The fourth-order valence-electron chi connectivity index (χ4n) is 2.23. The molecule has 1 unspecified atom stereocenters. The lowest BCUT2D eigenvalue weighted by atomic mass is 10.2. The largest absolute Gasteiger partial charge is 0.312 e. The summed E-state index contributed by atoms with van der Waals surface area (Å²) in [5, 5.41) is -0.104. The van der Waals surface area contributed by atoms with Crippen molar-refractivity contribution in [3.63, 3.8) is 0 Å². The second-order valence-corrected chi connectivity index (χ2v) is 6.41. The molecule has 1 atom stereocenters. The van der Waals surface area contributed by atoms with Crippen LogP contribution in [-0.2, 0) is 4.79 Å². The van der Waals surface area contributed by atoms with Crippen molar-refractivity contribution in [1.29, 1.82) is 0 Å². The number of thioether (sulfide) groups is 1. The van der Waals surface area contributed by atoms with Crippen LogP contribution in [0, 0.1) is 6.92 Å². The van der Waals surface area contributed by atoms with Crippen LogP contribution in [-0.4, -0.2) is 17.7 Å². The third-order valence-electron chi connectivity index (χ3n) is 3.30. The van der Waals surface area contributed by atoms with Gasteiger partial charge in [-0.05, 0) is 50.6 Å². The van der Waals surface area contributed by atoms with Crippen LogP contribution in [0.15, 0.2) is 59.5 Å². The first-order valence-corrected chi connectivity index (χ1v) is 8.09. The minimum Gasteiger partial charge on any atom is -0.312 e. The van der Waals surface area contributed by atoms with Gasteiger partial charge in [-0.1, -0.05) is 30.3 Å². The summed E-state index contributed by atoms with van der Waals surface area (Å²) in [7, 11) is 0. The fourth-order valence-corrected chi connectivity index (χ4v) is 3.19. The van der Waals surface area contributed by atoms with E-state index in [4.69, 9.17) is 0 Å². The molecule has 0 aliphatic heterocycles. The quantitative estimate of drug-likeness (QED) is 0.756. The van der Waals surface area contributed by atoms with Gasteiger partial charge in [0.2, 0.25) is 5.91 Å². The van der Waals surface area contributed by atoms with Crippen molar-refractivity contribution in [3.8, 4) is 0 Å². The van der Waals surface area contributed by atoms with Crippen LogP contribution in [0.5, 0.6) is 0 Å². The highest BCUT2D eigenvalue weighted by atomic mass is 32.2. The number of rotatable bonds is 5. The second-order valence-electron chi connectivity index (χ2n) is 4.99. The molecule has 0 bridgehead atoms. The Balaban J connectivity index is 2.12. The highest BCUT2D eigenvalue weighted by molar-refractivity contribution is 8.00. The Morgan fingerprint density at radius 3 is 2.48 bits per heavy atom. The molecule has 0 N–H and O–H groups in total. The van der Waals surface area contributed by atoms with E-state index >= 15 is 0 Å². The van der Waals surface area contributed by atoms with E-state index in [-0.39, 0.29) is 11.2 Å². The normalized spacial score (nSPS) is 12.0. The van der Waals surface area contributed by atoms with Gasteiger partial charge in [-0.2, -0.15) is 0 Å². The average Bonchev–Trinajstić information content (AvgIpc) is 2.49. The lowest BCUT2D eigenvalue weighted by molar-refractivity contribution is -0.117. The van der Waals surface area contributed by atoms with Crippen molar-refractivity contribution >= 4 is 23.4 Å². The maximum Gasteiger partial charge on any atom is 0.240 e. The number of benzene rings is 2. The first kappa shape index (κ1) is 15.6. The number of carbonyl (C=O) groups is 1. The first-order chi connectivity index (χ1) is 10.1. The van der Waals surface area contributed by atoms with Gasteiger partial charge in [0.1, 0.15) is 0 Å². The van der Waals surface area contributed by atoms with Gasteiger partial charge in [0.25, 0.3) is 0 Å². The van der Waals surface area contributed by atoms with Gasteiger partial charge in [0, 0.05) is 17.1 Å². The lowest BCUT2D eigenvalue weighted by Crippen LogP contribution is -2.36. The molecule has 0 radical (unpaired) electrons. The summed E-state index contributed by atoms with van der Waals surface area (Å²) >= 11 is 1.60. The van der Waals surface area contributed by atoms with Gasteiger partial charge >= 0.3 is 0 Å². The van der Waals surface area contributed by atoms with E-state index in [1.54, 1.807) is 11.8 Å². The Morgan fingerprint density at radius 2 is 1.86 bits per heavy atom. The molecule has 0 aliphatic carbocycles. The molecule has 3 heteroatoms. The molecule has 21 heavy (non-hydrogen) atoms. The van der Waals surface area contributed by atoms with E-state index in [1.807, 2.05) is 74.2 Å².